The smallest absolute Gasteiger partial charge is 0.239 e. The van der Waals surface area contributed by atoms with Crippen molar-refractivity contribution in [2.45, 2.75) is 57.4 Å². The molecule has 17 heavy (non-hydrogen) atoms. The number of hydrogen-bond donors (Lipinski definition) is 1. The van der Waals surface area contributed by atoms with Crippen LogP contribution in [0.4, 0.5) is 0 Å². The first-order chi connectivity index (χ1) is 8.31. The summed E-state index contributed by atoms with van der Waals surface area (Å²) in [5.74, 6) is 1.21. The van der Waals surface area contributed by atoms with Crippen LogP contribution in [0.3, 0.4) is 0 Å². The Hall–Kier alpha value is -0.570. The zero-order chi connectivity index (χ0) is 12.1. The van der Waals surface area contributed by atoms with Gasteiger partial charge in [-0.25, -0.2) is 0 Å². The number of carbonyl (C=O) groups is 1. The summed E-state index contributed by atoms with van der Waals surface area (Å²) in [5.41, 5.74) is 0. The number of carbonyl (C=O) groups excluding carboxylic acids is 1. The van der Waals surface area contributed by atoms with E-state index in [1.54, 1.807) is 0 Å². The van der Waals surface area contributed by atoms with Crippen molar-refractivity contribution in [3.05, 3.63) is 0 Å². The lowest BCUT2D eigenvalue weighted by Gasteiger charge is -2.33. The van der Waals surface area contributed by atoms with Crippen LogP contribution in [0.15, 0.2) is 0 Å². The highest BCUT2D eigenvalue weighted by Gasteiger charge is 2.27. The number of amides is 1. The molecule has 0 spiro atoms. The first kappa shape index (κ1) is 12.9. The van der Waals surface area contributed by atoms with E-state index in [0.717, 1.165) is 31.8 Å². The number of piperidine rings is 1. The molecular formula is C14H26N2O. The van der Waals surface area contributed by atoms with Gasteiger partial charge >= 0.3 is 0 Å². The van der Waals surface area contributed by atoms with E-state index in [1.165, 1.54) is 38.5 Å². The van der Waals surface area contributed by atoms with Crippen molar-refractivity contribution in [3.63, 3.8) is 0 Å². The summed E-state index contributed by atoms with van der Waals surface area (Å²) in [5, 5.41) is 3.13. The first-order valence-corrected chi connectivity index (χ1v) is 7.27. The minimum Gasteiger partial charge on any atom is -0.341 e. The van der Waals surface area contributed by atoms with Crippen LogP contribution < -0.4 is 5.32 Å². The Kier molecular flexibility index (Phi) is 4.84. The molecule has 1 heterocycles. The molecule has 3 nitrogen and oxygen atoms in total. The Bertz CT molecular complexity index is 249. The van der Waals surface area contributed by atoms with Gasteiger partial charge in [-0.1, -0.05) is 32.1 Å². The third-order valence-corrected chi connectivity index (χ3v) is 4.41. The number of hydrogen-bond acceptors (Lipinski definition) is 2. The molecule has 0 radical (unpaired) electrons. The molecule has 98 valence electrons. The summed E-state index contributed by atoms with van der Waals surface area (Å²) in [6.45, 7) is 1.96. The van der Waals surface area contributed by atoms with Gasteiger partial charge in [0.25, 0.3) is 0 Å². The second-order valence-electron chi connectivity index (χ2n) is 5.60. The molecule has 1 atom stereocenters. The van der Waals surface area contributed by atoms with Crippen molar-refractivity contribution in [1.82, 2.24) is 10.2 Å². The fourth-order valence-electron chi connectivity index (χ4n) is 3.24. The molecule has 2 rings (SSSR count). The van der Waals surface area contributed by atoms with Gasteiger partial charge in [-0.3, -0.25) is 4.79 Å². The third kappa shape index (κ3) is 3.44. The topological polar surface area (TPSA) is 32.3 Å². The van der Waals surface area contributed by atoms with Crippen LogP contribution in [0.5, 0.6) is 0 Å². The molecule has 1 aliphatic heterocycles. The lowest BCUT2D eigenvalue weighted by atomic mass is 9.87. The summed E-state index contributed by atoms with van der Waals surface area (Å²) in [6, 6.07) is 0.0788. The van der Waals surface area contributed by atoms with Gasteiger partial charge in [0.2, 0.25) is 5.91 Å². The minimum absolute atomic E-state index is 0.0788. The van der Waals surface area contributed by atoms with Crippen LogP contribution in [0.25, 0.3) is 0 Å². The molecule has 2 aliphatic rings. The van der Waals surface area contributed by atoms with Crippen LogP contribution in [-0.2, 0) is 4.79 Å². The molecule has 0 aromatic heterocycles. The summed E-state index contributed by atoms with van der Waals surface area (Å²) < 4.78 is 0. The van der Waals surface area contributed by atoms with Gasteiger partial charge in [0.1, 0.15) is 0 Å². The number of likely N-dealkylation sites (N-methyl/N-ethyl adjacent to an activating group) is 1. The molecule has 3 heteroatoms. The van der Waals surface area contributed by atoms with E-state index >= 15 is 0 Å². The van der Waals surface area contributed by atoms with E-state index in [2.05, 4.69) is 10.2 Å². The molecule has 0 aromatic carbocycles. The van der Waals surface area contributed by atoms with E-state index in [4.69, 9.17) is 0 Å². The van der Waals surface area contributed by atoms with E-state index < -0.39 is 0 Å². The van der Waals surface area contributed by atoms with Gasteiger partial charge in [0, 0.05) is 13.1 Å². The highest BCUT2D eigenvalue weighted by molar-refractivity contribution is 5.82. The molecule has 1 amide bonds. The Balaban J connectivity index is 1.75. The van der Waals surface area contributed by atoms with E-state index in [1.807, 2.05) is 7.05 Å². The zero-order valence-corrected chi connectivity index (χ0v) is 11.1. The first-order valence-electron chi connectivity index (χ1n) is 7.27. The highest BCUT2D eigenvalue weighted by Crippen LogP contribution is 2.26. The maximum Gasteiger partial charge on any atom is 0.239 e. The third-order valence-electron chi connectivity index (χ3n) is 4.41. The standard InChI is InChI=1S/C14H26N2O/c1-15-13-8-5-10-16(14(13)17)11-9-12-6-3-2-4-7-12/h12-13,15H,2-11H2,1H3. The van der Waals surface area contributed by atoms with E-state index in [0.29, 0.717) is 5.91 Å². The summed E-state index contributed by atoms with van der Waals surface area (Å²) >= 11 is 0. The van der Waals surface area contributed by atoms with Crippen LogP contribution in [0.2, 0.25) is 0 Å². The van der Waals surface area contributed by atoms with Crippen LogP contribution in [0, 0.1) is 5.92 Å². The normalized spacial score (nSPS) is 27.5. The maximum absolute atomic E-state index is 12.1. The van der Waals surface area contributed by atoms with Gasteiger partial charge in [0.15, 0.2) is 0 Å². The van der Waals surface area contributed by atoms with Crippen molar-refractivity contribution in [2.75, 3.05) is 20.1 Å². The van der Waals surface area contributed by atoms with Crippen molar-refractivity contribution in [3.8, 4) is 0 Å². The lowest BCUT2D eigenvalue weighted by Crippen LogP contribution is -2.50. The minimum atomic E-state index is 0.0788. The second kappa shape index (κ2) is 6.39. The van der Waals surface area contributed by atoms with Gasteiger partial charge < -0.3 is 10.2 Å². The van der Waals surface area contributed by atoms with Crippen molar-refractivity contribution >= 4 is 5.91 Å². The molecule has 1 unspecified atom stereocenters. The van der Waals surface area contributed by atoms with Crippen LogP contribution in [-0.4, -0.2) is 37.0 Å². The lowest BCUT2D eigenvalue weighted by molar-refractivity contribution is -0.136. The Morgan fingerprint density at radius 3 is 2.65 bits per heavy atom. The number of likely N-dealkylation sites (tertiary alicyclic amines) is 1. The Morgan fingerprint density at radius 2 is 1.94 bits per heavy atom. The number of rotatable bonds is 4. The van der Waals surface area contributed by atoms with Crippen molar-refractivity contribution in [2.24, 2.45) is 5.92 Å². The maximum atomic E-state index is 12.1. The number of nitrogens with one attached hydrogen (secondary N) is 1. The fraction of sp³-hybridized carbons (Fsp3) is 0.929. The molecule has 1 saturated carbocycles. The number of nitrogens with zero attached hydrogens (tertiary/aromatic N) is 1. The van der Waals surface area contributed by atoms with Crippen molar-refractivity contribution < 1.29 is 4.79 Å². The van der Waals surface area contributed by atoms with Gasteiger partial charge in [-0.2, -0.15) is 0 Å². The second-order valence-corrected chi connectivity index (χ2v) is 5.60. The van der Waals surface area contributed by atoms with Crippen LogP contribution in [0.1, 0.15) is 51.4 Å². The average Bonchev–Trinajstić information content (AvgIpc) is 2.39. The molecule has 2 fully saturated rings. The zero-order valence-electron chi connectivity index (χ0n) is 11.1. The Labute approximate surface area is 105 Å². The molecule has 0 bridgehead atoms. The molecule has 1 saturated heterocycles. The van der Waals surface area contributed by atoms with Crippen molar-refractivity contribution in [1.29, 1.82) is 0 Å². The summed E-state index contributed by atoms with van der Waals surface area (Å²) in [4.78, 5) is 14.2. The van der Waals surface area contributed by atoms with E-state index in [-0.39, 0.29) is 6.04 Å². The largest absolute Gasteiger partial charge is 0.341 e. The molecule has 0 aromatic rings. The predicted octanol–water partition coefficient (Wildman–Crippen LogP) is 2.17. The Morgan fingerprint density at radius 1 is 1.18 bits per heavy atom. The van der Waals surface area contributed by atoms with Gasteiger partial charge in [-0.05, 0) is 32.2 Å². The molecular weight excluding hydrogens is 212 g/mol. The summed E-state index contributed by atoms with van der Waals surface area (Å²) in [6.07, 6.45) is 10.4. The van der Waals surface area contributed by atoms with E-state index in [9.17, 15) is 4.79 Å². The molecule has 1 N–H and O–H groups in total. The summed E-state index contributed by atoms with van der Waals surface area (Å²) in [7, 11) is 1.90. The molecule has 1 aliphatic carbocycles. The van der Waals surface area contributed by atoms with Gasteiger partial charge in [0.05, 0.1) is 6.04 Å². The highest BCUT2D eigenvalue weighted by atomic mass is 16.2. The van der Waals surface area contributed by atoms with Gasteiger partial charge in [-0.15, -0.1) is 0 Å². The predicted molar refractivity (Wildman–Crippen MR) is 69.9 cm³/mol. The quantitative estimate of drug-likeness (QED) is 0.814. The monoisotopic (exact) mass is 238 g/mol. The average molecular weight is 238 g/mol. The SMILES string of the molecule is CNC1CCCN(CCC2CCCCC2)C1=O. The van der Waals surface area contributed by atoms with Crippen LogP contribution >= 0.6 is 0 Å². The fourth-order valence-corrected chi connectivity index (χ4v) is 3.24.